The fraction of sp³-hybridized carbons (Fsp3) is 1.00. The smallest absolute Gasteiger partial charge is 0.105 e. The Morgan fingerprint density at radius 1 is 1.83 bits per heavy atom. The second kappa shape index (κ2) is 3.43. The molecular weight excluding hydrogens is 101 g/mol. The molecule has 0 rings (SSSR count). The lowest BCUT2D eigenvalue weighted by Crippen LogP contribution is -2.23. The van der Waals surface area contributed by atoms with E-state index in [-0.39, 0.29) is 6.04 Å². The van der Waals surface area contributed by atoms with Gasteiger partial charge in [-0.2, -0.15) is 12.6 Å². The Kier molecular flexibility index (Phi) is 3.57. The first-order valence-electron chi connectivity index (χ1n) is 1.73. The third-order valence-electron chi connectivity index (χ3n) is 0.433. The van der Waals surface area contributed by atoms with Gasteiger partial charge in [0.15, 0.2) is 0 Å². The van der Waals surface area contributed by atoms with Crippen molar-refractivity contribution in [3.63, 3.8) is 0 Å². The SMILES string of the molecule is NC(CF)CS. The quantitative estimate of drug-likeness (QED) is 0.487. The summed E-state index contributed by atoms with van der Waals surface area (Å²) in [5.74, 6) is 0.427. The Morgan fingerprint density at radius 3 is 2.33 bits per heavy atom. The third-order valence-corrected chi connectivity index (χ3v) is 0.902. The molecule has 0 saturated heterocycles. The van der Waals surface area contributed by atoms with Gasteiger partial charge < -0.3 is 5.73 Å². The summed E-state index contributed by atoms with van der Waals surface area (Å²) in [4.78, 5) is 0. The van der Waals surface area contributed by atoms with E-state index in [2.05, 4.69) is 12.6 Å². The topological polar surface area (TPSA) is 26.0 Å². The van der Waals surface area contributed by atoms with Gasteiger partial charge in [0.2, 0.25) is 0 Å². The third kappa shape index (κ3) is 2.48. The number of hydrogen-bond donors (Lipinski definition) is 2. The maximum absolute atomic E-state index is 11.2. The largest absolute Gasteiger partial charge is 0.325 e. The van der Waals surface area contributed by atoms with Crippen LogP contribution in [-0.4, -0.2) is 18.5 Å². The molecule has 3 heteroatoms. The zero-order valence-electron chi connectivity index (χ0n) is 3.39. The Bertz CT molecular complexity index is 30.0. The summed E-state index contributed by atoms with van der Waals surface area (Å²) in [6.45, 7) is -0.469. The minimum absolute atomic E-state index is 0.367. The van der Waals surface area contributed by atoms with Crippen LogP contribution in [0.4, 0.5) is 4.39 Å². The molecule has 0 aromatic carbocycles. The highest BCUT2D eigenvalue weighted by atomic mass is 32.1. The van der Waals surface area contributed by atoms with E-state index >= 15 is 0 Å². The van der Waals surface area contributed by atoms with E-state index < -0.39 is 6.67 Å². The minimum atomic E-state index is -0.469. The Hall–Kier alpha value is 0.240. The molecule has 0 radical (unpaired) electrons. The van der Waals surface area contributed by atoms with E-state index in [1.807, 2.05) is 0 Å². The first-order chi connectivity index (χ1) is 2.81. The molecule has 0 bridgehead atoms. The number of alkyl halides is 1. The molecule has 1 nitrogen and oxygen atoms in total. The second-order valence-corrected chi connectivity index (χ2v) is 1.46. The van der Waals surface area contributed by atoms with Gasteiger partial charge in [0, 0.05) is 11.8 Å². The summed E-state index contributed by atoms with van der Waals surface area (Å²) >= 11 is 3.73. The van der Waals surface area contributed by atoms with Gasteiger partial charge in [-0.25, -0.2) is 4.39 Å². The molecule has 0 amide bonds. The maximum Gasteiger partial charge on any atom is 0.105 e. The normalized spacial score (nSPS) is 14.5. The van der Waals surface area contributed by atoms with Crippen molar-refractivity contribution in [3.05, 3.63) is 0 Å². The molecule has 0 heterocycles. The lowest BCUT2D eigenvalue weighted by Gasteiger charge is -1.96. The first kappa shape index (κ1) is 6.24. The fourth-order valence-corrected chi connectivity index (χ4v) is 0.146. The highest BCUT2D eigenvalue weighted by Gasteiger charge is 1.92. The molecule has 1 atom stereocenters. The van der Waals surface area contributed by atoms with Crippen molar-refractivity contribution in [2.45, 2.75) is 6.04 Å². The molecule has 0 aliphatic rings. The molecule has 0 spiro atoms. The van der Waals surface area contributed by atoms with E-state index in [1.54, 1.807) is 0 Å². The molecule has 2 N–H and O–H groups in total. The molecule has 0 saturated carbocycles. The maximum atomic E-state index is 11.2. The second-order valence-electron chi connectivity index (χ2n) is 1.10. The molecular formula is C3H8FNS. The van der Waals surface area contributed by atoms with Crippen LogP contribution < -0.4 is 5.73 Å². The summed E-state index contributed by atoms with van der Waals surface area (Å²) in [6.07, 6.45) is 0. The Morgan fingerprint density at radius 2 is 2.33 bits per heavy atom. The van der Waals surface area contributed by atoms with E-state index in [4.69, 9.17) is 5.73 Å². The Balaban J connectivity index is 2.75. The van der Waals surface area contributed by atoms with Crippen LogP contribution in [0.25, 0.3) is 0 Å². The van der Waals surface area contributed by atoms with E-state index in [0.717, 1.165) is 0 Å². The number of thiol groups is 1. The lowest BCUT2D eigenvalue weighted by atomic mass is 10.4. The van der Waals surface area contributed by atoms with Crippen molar-refractivity contribution in [1.82, 2.24) is 0 Å². The highest BCUT2D eigenvalue weighted by Crippen LogP contribution is 1.81. The van der Waals surface area contributed by atoms with Gasteiger partial charge in [0.25, 0.3) is 0 Å². The summed E-state index contributed by atoms with van der Waals surface area (Å²) in [5.41, 5.74) is 5.02. The average Bonchev–Trinajstić information content (AvgIpc) is 1.65. The number of nitrogens with two attached hydrogens (primary N) is 1. The van der Waals surface area contributed by atoms with Gasteiger partial charge in [0.1, 0.15) is 6.67 Å². The van der Waals surface area contributed by atoms with Gasteiger partial charge in [-0.1, -0.05) is 0 Å². The van der Waals surface area contributed by atoms with Gasteiger partial charge in [-0.3, -0.25) is 0 Å². The molecule has 0 fully saturated rings. The van der Waals surface area contributed by atoms with Crippen molar-refractivity contribution >= 4 is 12.6 Å². The van der Waals surface area contributed by atoms with Crippen LogP contribution in [0.5, 0.6) is 0 Å². The van der Waals surface area contributed by atoms with Crippen molar-refractivity contribution in [2.24, 2.45) is 5.73 Å². The van der Waals surface area contributed by atoms with Crippen LogP contribution in [0.15, 0.2) is 0 Å². The van der Waals surface area contributed by atoms with E-state index in [9.17, 15) is 4.39 Å². The average molecular weight is 109 g/mol. The van der Waals surface area contributed by atoms with Crippen LogP contribution in [-0.2, 0) is 0 Å². The van der Waals surface area contributed by atoms with Gasteiger partial charge in [-0.05, 0) is 0 Å². The van der Waals surface area contributed by atoms with Gasteiger partial charge >= 0.3 is 0 Å². The summed E-state index contributed by atoms with van der Waals surface area (Å²) in [6, 6.07) is -0.367. The van der Waals surface area contributed by atoms with Crippen LogP contribution in [0.3, 0.4) is 0 Å². The molecule has 0 aromatic rings. The lowest BCUT2D eigenvalue weighted by molar-refractivity contribution is 0.449. The first-order valence-corrected chi connectivity index (χ1v) is 2.37. The Labute approximate surface area is 42.1 Å². The molecule has 38 valence electrons. The van der Waals surface area contributed by atoms with Crippen LogP contribution in [0.1, 0.15) is 0 Å². The minimum Gasteiger partial charge on any atom is -0.325 e. The summed E-state index contributed by atoms with van der Waals surface area (Å²) < 4.78 is 11.2. The molecule has 6 heavy (non-hydrogen) atoms. The van der Waals surface area contributed by atoms with Crippen molar-refractivity contribution < 1.29 is 4.39 Å². The monoisotopic (exact) mass is 109 g/mol. The van der Waals surface area contributed by atoms with Crippen molar-refractivity contribution in [1.29, 1.82) is 0 Å². The zero-order chi connectivity index (χ0) is 4.99. The molecule has 1 unspecified atom stereocenters. The van der Waals surface area contributed by atoms with Gasteiger partial charge in [0.05, 0.1) is 0 Å². The van der Waals surface area contributed by atoms with Crippen LogP contribution >= 0.6 is 12.6 Å². The number of halogens is 1. The van der Waals surface area contributed by atoms with E-state index in [1.165, 1.54) is 0 Å². The van der Waals surface area contributed by atoms with E-state index in [0.29, 0.717) is 5.75 Å². The molecule has 0 aliphatic carbocycles. The fourth-order valence-electron chi connectivity index (χ4n) is 0.0488. The predicted octanol–water partition coefficient (Wildman–Crippen LogP) is 0.213. The molecule has 0 aliphatic heterocycles. The van der Waals surface area contributed by atoms with Gasteiger partial charge in [-0.15, -0.1) is 0 Å². The summed E-state index contributed by atoms with van der Waals surface area (Å²) in [7, 11) is 0. The van der Waals surface area contributed by atoms with Crippen molar-refractivity contribution in [2.75, 3.05) is 12.4 Å². The highest BCUT2D eigenvalue weighted by molar-refractivity contribution is 7.80. The standard InChI is InChI=1S/C3H8FNS/c4-1-3(5)2-6/h3,6H,1-2,5H2. The molecule has 0 aromatic heterocycles. The van der Waals surface area contributed by atoms with Crippen molar-refractivity contribution in [3.8, 4) is 0 Å². The zero-order valence-corrected chi connectivity index (χ0v) is 4.29. The van der Waals surface area contributed by atoms with Crippen LogP contribution in [0.2, 0.25) is 0 Å². The summed E-state index contributed by atoms with van der Waals surface area (Å²) in [5, 5.41) is 0. The van der Waals surface area contributed by atoms with Crippen LogP contribution in [0, 0.1) is 0 Å². The number of rotatable bonds is 2. The predicted molar refractivity (Wildman–Crippen MR) is 27.8 cm³/mol. The number of hydrogen-bond acceptors (Lipinski definition) is 2.